The topological polar surface area (TPSA) is 38.0 Å². The fourth-order valence-electron chi connectivity index (χ4n) is 2.01. The Morgan fingerprint density at radius 3 is 3.00 bits per heavy atom. The van der Waals surface area contributed by atoms with E-state index in [1.807, 2.05) is 24.5 Å². The first-order chi connectivity index (χ1) is 7.83. The Kier molecular flexibility index (Phi) is 2.17. The van der Waals surface area contributed by atoms with Crippen LogP contribution < -0.4 is 0 Å². The minimum atomic E-state index is 0.325. The quantitative estimate of drug-likeness (QED) is 0.852. The van der Waals surface area contributed by atoms with Crippen molar-refractivity contribution in [3.05, 3.63) is 48.0 Å². The zero-order chi connectivity index (χ0) is 11.0. The van der Waals surface area contributed by atoms with Gasteiger partial charge in [-0.05, 0) is 30.5 Å². The molecular weight excluding hydrogens is 200 g/mol. The van der Waals surface area contributed by atoms with Gasteiger partial charge in [0.15, 0.2) is 0 Å². The van der Waals surface area contributed by atoms with Crippen molar-refractivity contribution in [3.8, 4) is 5.75 Å². The van der Waals surface area contributed by atoms with Crippen molar-refractivity contribution in [2.75, 3.05) is 0 Å². The third-order valence-electron chi connectivity index (χ3n) is 2.95. The molecule has 3 rings (SSSR count). The molecular formula is C13H14N2O. The lowest BCUT2D eigenvalue weighted by Crippen LogP contribution is -2.02. The van der Waals surface area contributed by atoms with Gasteiger partial charge in [-0.1, -0.05) is 12.1 Å². The summed E-state index contributed by atoms with van der Waals surface area (Å²) >= 11 is 0. The second-order valence-electron chi connectivity index (χ2n) is 4.36. The Bertz CT molecular complexity index is 500. The summed E-state index contributed by atoms with van der Waals surface area (Å²) < 4.78 is 2.17. The molecule has 1 aromatic heterocycles. The van der Waals surface area contributed by atoms with E-state index in [0.29, 0.717) is 11.7 Å². The lowest BCUT2D eigenvalue weighted by molar-refractivity contribution is 0.474. The van der Waals surface area contributed by atoms with Crippen LogP contribution in [0.2, 0.25) is 0 Å². The lowest BCUT2D eigenvalue weighted by Gasteiger charge is -2.07. The normalized spacial score (nSPS) is 15.2. The van der Waals surface area contributed by atoms with Crippen LogP contribution in [0.3, 0.4) is 0 Å². The third-order valence-corrected chi connectivity index (χ3v) is 2.95. The average molecular weight is 214 g/mol. The Morgan fingerprint density at radius 1 is 1.38 bits per heavy atom. The van der Waals surface area contributed by atoms with Crippen LogP contribution in [-0.2, 0) is 6.54 Å². The molecule has 1 aliphatic carbocycles. The number of nitrogens with zero attached hydrogens (tertiary/aromatic N) is 2. The summed E-state index contributed by atoms with van der Waals surface area (Å²) in [6.45, 7) is 0.792. The van der Waals surface area contributed by atoms with E-state index in [1.54, 1.807) is 12.1 Å². The highest BCUT2D eigenvalue weighted by Crippen LogP contribution is 2.39. The summed E-state index contributed by atoms with van der Waals surface area (Å²) in [7, 11) is 0. The number of rotatable bonds is 3. The Labute approximate surface area is 94.4 Å². The highest BCUT2D eigenvalue weighted by Gasteiger charge is 2.27. The minimum Gasteiger partial charge on any atom is -0.508 e. The predicted octanol–water partition coefficient (Wildman–Crippen LogP) is 2.51. The molecule has 0 aliphatic heterocycles. The summed E-state index contributed by atoms with van der Waals surface area (Å²) in [5.41, 5.74) is 1.11. The zero-order valence-electron chi connectivity index (χ0n) is 9.00. The van der Waals surface area contributed by atoms with Gasteiger partial charge in [0.1, 0.15) is 11.6 Å². The second kappa shape index (κ2) is 3.67. The van der Waals surface area contributed by atoms with Gasteiger partial charge in [-0.2, -0.15) is 0 Å². The predicted molar refractivity (Wildman–Crippen MR) is 61.4 cm³/mol. The largest absolute Gasteiger partial charge is 0.508 e. The molecule has 0 unspecified atom stereocenters. The smallest absolute Gasteiger partial charge is 0.115 e. The summed E-state index contributed by atoms with van der Waals surface area (Å²) in [6.07, 6.45) is 6.39. The minimum absolute atomic E-state index is 0.325. The van der Waals surface area contributed by atoms with E-state index in [0.717, 1.165) is 12.1 Å². The third kappa shape index (κ3) is 1.81. The highest BCUT2D eigenvalue weighted by atomic mass is 16.3. The van der Waals surface area contributed by atoms with Gasteiger partial charge in [0.2, 0.25) is 0 Å². The van der Waals surface area contributed by atoms with Crippen LogP contribution >= 0.6 is 0 Å². The molecule has 0 saturated heterocycles. The molecule has 0 spiro atoms. The average Bonchev–Trinajstić information content (AvgIpc) is 3.00. The van der Waals surface area contributed by atoms with Crippen molar-refractivity contribution in [2.45, 2.75) is 25.3 Å². The van der Waals surface area contributed by atoms with Crippen LogP contribution in [0.1, 0.15) is 30.1 Å². The maximum absolute atomic E-state index is 9.41. The molecule has 0 radical (unpaired) electrons. The first kappa shape index (κ1) is 9.46. The van der Waals surface area contributed by atoms with Crippen LogP contribution in [0.25, 0.3) is 0 Å². The SMILES string of the molecule is Oc1cccc(Cn2ccnc2C2CC2)c1. The van der Waals surface area contributed by atoms with Gasteiger partial charge in [0, 0.05) is 24.9 Å². The fraction of sp³-hybridized carbons (Fsp3) is 0.308. The van der Waals surface area contributed by atoms with Crippen molar-refractivity contribution in [1.82, 2.24) is 9.55 Å². The van der Waals surface area contributed by atoms with Gasteiger partial charge in [-0.25, -0.2) is 4.98 Å². The summed E-state index contributed by atoms with van der Waals surface area (Å²) in [4.78, 5) is 4.40. The van der Waals surface area contributed by atoms with Gasteiger partial charge >= 0.3 is 0 Å². The van der Waals surface area contributed by atoms with Crippen LogP contribution in [0.15, 0.2) is 36.7 Å². The Morgan fingerprint density at radius 2 is 2.25 bits per heavy atom. The van der Waals surface area contributed by atoms with Crippen LogP contribution in [0.5, 0.6) is 5.75 Å². The molecule has 1 heterocycles. The molecule has 1 saturated carbocycles. The molecule has 16 heavy (non-hydrogen) atoms. The molecule has 1 N–H and O–H groups in total. The van der Waals surface area contributed by atoms with E-state index >= 15 is 0 Å². The monoisotopic (exact) mass is 214 g/mol. The zero-order valence-corrected chi connectivity index (χ0v) is 9.00. The number of hydrogen-bond donors (Lipinski definition) is 1. The molecule has 82 valence electrons. The van der Waals surface area contributed by atoms with E-state index in [-0.39, 0.29) is 0 Å². The maximum Gasteiger partial charge on any atom is 0.115 e. The molecule has 1 fully saturated rings. The molecule has 0 atom stereocenters. The molecule has 2 aromatic rings. The first-order valence-electron chi connectivity index (χ1n) is 5.62. The van der Waals surface area contributed by atoms with E-state index in [9.17, 15) is 5.11 Å². The number of phenolic OH excluding ortho intramolecular Hbond substituents is 1. The number of benzene rings is 1. The number of aromatic nitrogens is 2. The lowest BCUT2D eigenvalue weighted by atomic mass is 10.2. The van der Waals surface area contributed by atoms with Crippen molar-refractivity contribution in [1.29, 1.82) is 0 Å². The van der Waals surface area contributed by atoms with Crippen LogP contribution in [0.4, 0.5) is 0 Å². The fourth-order valence-corrected chi connectivity index (χ4v) is 2.01. The van der Waals surface area contributed by atoms with Crippen molar-refractivity contribution >= 4 is 0 Å². The van der Waals surface area contributed by atoms with Gasteiger partial charge in [0.05, 0.1) is 0 Å². The molecule has 0 bridgehead atoms. The van der Waals surface area contributed by atoms with Crippen molar-refractivity contribution < 1.29 is 5.11 Å². The van der Waals surface area contributed by atoms with E-state index in [2.05, 4.69) is 9.55 Å². The van der Waals surface area contributed by atoms with E-state index in [4.69, 9.17) is 0 Å². The Balaban J connectivity index is 1.85. The number of imidazole rings is 1. The number of phenols is 1. The van der Waals surface area contributed by atoms with E-state index in [1.165, 1.54) is 18.7 Å². The maximum atomic E-state index is 9.41. The summed E-state index contributed by atoms with van der Waals surface area (Å²) in [5, 5.41) is 9.41. The molecule has 3 heteroatoms. The van der Waals surface area contributed by atoms with E-state index < -0.39 is 0 Å². The summed E-state index contributed by atoms with van der Waals surface area (Å²) in [6, 6.07) is 7.39. The van der Waals surface area contributed by atoms with Crippen molar-refractivity contribution in [3.63, 3.8) is 0 Å². The summed E-state index contributed by atoms with van der Waals surface area (Å²) in [5.74, 6) is 2.17. The molecule has 0 amide bonds. The van der Waals surface area contributed by atoms with Crippen molar-refractivity contribution in [2.24, 2.45) is 0 Å². The first-order valence-corrected chi connectivity index (χ1v) is 5.62. The van der Waals surface area contributed by atoms with Gasteiger partial charge in [-0.15, -0.1) is 0 Å². The molecule has 1 aromatic carbocycles. The van der Waals surface area contributed by atoms with Crippen LogP contribution in [-0.4, -0.2) is 14.7 Å². The number of aromatic hydroxyl groups is 1. The second-order valence-corrected chi connectivity index (χ2v) is 4.36. The van der Waals surface area contributed by atoms with Gasteiger partial charge in [0.25, 0.3) is 0 Å². The Hall–Kier alpha value is -1.77. The standard InChI is InChI=1S/C13H14N2O/c16-12-3-1-2-10(8-12)9-15-7-6-14-13(15)11-4-5-11/h1-3,6-8,11,16H,4-5,9H2. The van der Waals surface area contributed by atoms with Gasteiger partial charge in [-0.3, -0.25) is 0 Å². The molecule has 1 aliphatic rings. The van der Waals surface area contributed by atoms with Crippen LogP contribution in [0, 0.1) is 0 Å². The van der Waals surface area contributed by atoms with Gasteiger partial charge < -0.3 is 9.67 Å². The number of hydrogen-bond acceptors (Lipinski definition) is 2. The highest BCUT2D eigenvalue weighted by molar-refractivity contribution is 5.27. The molecule has 3 nitrogen and oxygen atoms in total.